The van der Waals surface area contributed by atoms with Crippen molar-refractivity contribution in [3.8, 4) is 0 Å². The van der Waals surface area contributed by atoms with Gasteiger partial charge in [0.15, 0.2) is 0 Å². The van der Waals surface area contributed by atoms with Crippen molar-refractivity contribution in [1.82, 2.24) is 14.5 Å². The molecule has 0 amide bonds. The highest BCUT2D eigenvalue weighted by Crippen LogP contribution is 2.23. The van der Waals surface area contributed by atoms with Crippen LogP contribution < -0.4 is 0 Å². The average Bonchev–Trinajstić information content (AvgIpc) is 2.79. The molecule has 0 saturated carbocycles. The third kappa shape index (κ3) is 3.00. The number of imidazole rings is 1. The third-order valence-corrected chi connectivity index (χ3v) is 4.64. The highest BCUT2D eigenvalue weighted by atomic mass is 16.3. The lowest BCUT2D eigenvalue weighted by Gasteiger charge is -2.29. The van der Waals surface area contributed by atoms with E-state index in [4.69, 9.17) is 4.98 Å². The first-order valence-electron chi connectivity index (χ1n) is 7.59. The fourth-order valence-electron chi connectivity index (χ4n) is 3.54. The van der Waals surface area contributed by atoms with E-state index < -0.39 is 0 Å². The van der Waals surface area contributed by atoms with E-state index in [-0.39, 0.29) is 0 Å². The van der Waals surface area contributed by atoms with Gasteiger partial charge >= 0.3 is 0 Å². The number of rotatable bonds is 3. The molecule has 106 valence electrons. The van der Waals surface area contributed by atoms with Crippen LogP contribution in [0.5, 0.6) is 0 Å². The molecule has 4 nitrogen and oxygen atoms in total. The van der Waals surface area contributed by atoms with E-state index in [1.54, 1.807) is 0 Å². The summed E-state index contributed by atoms with van der Waals surface area (Å²) in [5.41, 5.74) is 1.26. The molecule has 1 N–H and O–H groups in total. The van der Waals surface area contributed by atoms with Gasteiger partial charge in [-0.2, -0.15) is 0 Å². The zero-order chi connectivity index (χ0) is 13.2. The van der Waals surface area contributed by atoms with Gasteiger partial charge in [0.05, 0.1) is 5.69 Å². The summed E-state index contributed by atoms with van der Waals surface area (Å²) in [6.45, 7) is 3.78. The van der Waals surface area contributed by atoms with E-state index in [0.717, 1.165) is 31.7 Å². The fraction of sp³-hybridized carbons (Fsp3) is 0.800. The van der Waals surface area contributed by atoms with Gasteiger partial charge in [-0.1, -0.05) is 0 Å². The van der Waals surface area contributed by atoms with E-state index in [1.165, 1.54) is 37.4 Å². The molecule has 19 heavy (non-hydrogen) atoms. The molecule has 1 saturated heterocycles. The molecule has 4 heteroatoms. The molecule has 1 aromatic heterocycles. The molecule has 0 radical (unpaired) electrons. The quantitative estimate of drug-likeness (QED) is 0.894. The van der Waals surface area contributed by atoms with Crippen LogP contribution in [0, 0.1) is 11.8 Å². The van der Waals surface area contributed by atoms with Gasteiger partial charge < -0.3 is 14.6 Å². The number of hydrogen-bond donors (Lipinski definition) is 1. The lowest BCUT2D eigenvalue weighted by atomic mass is 9.94. The SMILES string of the molecule is CN1CCCC(Cc2cn3c(n2)CC(CO)CC3)C1. The minimum Gasteiger partial charge on any atom is -0.396 e. The zero-order valence-corrected chi connectivity index (χ0v) is 11.9. The molecule has 0 spiro atoms. The van der Waals surface area contributed by atoms with Crippen molar-refractivity contribution in [1.29, 1.82) is 0 Å². The lowest BCUT2D eigenvalue weighted by molar-refractivity contribution is 0.199. The number of hydrogen-bond acceptors (Lipinski definition) is 3. The summed E-state index contributed by atoms with van der Waals surface area (Å²) in [7, 11) is 2.22. The van der Waals surface area contributed by atoms with E-state index in [0.29, 0.717) is 12.5 Å². The number of aliphatic hydroxyl groups excluding tert-OH is 1. The molecule has 2 aliphatic rings. The summed E-state index contributed by atoms with van der Waals surface area (Å²) in [5, 5.41) is 9.27. The molecule has 3 rings (SSSR count). The van der Waals surface area contributed by atoms with E-state index in [9.17, 15) is 5.11 Å². The smallest absolute Gasteiger partial charge is 0.109 e. The number of aromatic nitrogens is 2. The maximum atomic E-state index is 9.27. The first-order chi connectivity index (χ1) is 9.24. The topological polar surface area (TPSA) is 41.3 Å². The second-order valence-corrected chi connectivity index (χ2v) is 6.36. The first-order valence-corrected chi connectivity index (χ1v) is 7.59. The van der Waals surface area contributed by atoms with Crippen molar-refractivity contribution >= 4 is 0 Å². The molecular weight excluding hydrogens is 238 g/mol. The van der Waals surface area contributed by atoms with Gasteiger partial charge in [-0.3, -0.25) is 0 Å². The van der Waals surface area contributed by atoms with Crippen LogP contribution in [-0.2, 0) is 19.4 Å². The maximum Gasteiger partial charge on any atom is 0.109 e. The summed E-state index contributed by atoms with van der Waals surface area (Å²) >= 11 is 0. The van der Waals surface area contributed by atoms with Gasteiger partial charge in [0.25, 0.3) is 0 Å². The van der Waals surface area contributed by atoms with Gasteiger partial charge in [0, 0.05) is 32.3 Å². The summed E-state index contributed by atoms with van der Waals surface area (Å²) in [5.74, 6) is 2.37. The van der Waals surface area contributed by atoms with Gasteiger partial charge in [-0.15, -0.1) is 0 Å². The van der Waals surface area contributed by atoms with Crippen LogP contribution in [0.4, 0.5) is 0 Å². The second-order valence-electron chi connectivity index (χ2n) is 6.36. The Bertz CT molecular complexity index is 429. The Labute approximate surface area is 115 Å². The summed E-state index contributed by atoms with van der Waals surface area (Å²) in [6, 6.07) is 0. The van der Waals surface area contributed by atoms with Crippen LogP contribution in [0.2, 0.25) is 0 Å². The first kappa shape index (κ1) is 13.1. The van der Waals surface area contributed by atoms with Crippen LogP contribution in [0.25, 0.3) is 0 Å². The lowest BCUT2D eigenvalue weighted by Crippen LogP contribution is -2.33. The number of likely N-dealkylation sites (tertiary alicyclic amines) is 1. The predicted octanol–water partition coefficient (Wildman–Crippen LogP) is 1.32. The van der Waals surface area contributed by atoms with E-state index >= 15 is 0 Å². The largest absolute Gasteiger partial charge is 0.396 e. The van der Waals surface area contributed by atoms with Crippen LogP contribution in [-0.4, -0.2) is 46.3 Å². The minimum atomic E-state index is 0.301. The Balaban J connectivity index is 1.64. The average molecular weight is 263 g/mol. The molecule has 1 aromatic rings. The number of nitrogens with zero attached hydrogens (tertiary/aromatic N) is 3. The summed E-state index contributed by atoms with van der Waals surface area (Å²) in [6.07, 6.45) is 8.06. The molecule has 0 aromatic carbocycles. The molecule has 0 bridgehead atoms. The van der Waals surface area contributed by atoms with Crippen molar-refractivity contribution in [2.45, 2.75) is 38.6 Å². The number of aryl methyl sites for hydroxylation is 1. The number of piperidine rings is 1. The fourth-order valence-corrected chi connectivity index (χ4v) is 3.54. The van der Waals surface area contributed by atoms with Gasteiger partial charge in [-0.05, 0) is 51.1 Å². The Hall–Kier alpha value is -0.870. The molecule has 2 aliphatic heterocycles. The van der Waals surface area contributed by atoms with Crippen LogP contribution in [0.15, 0.2) is 6.20 Å². The number of fused-ring (bicyclic) bond motifs is 1. The molecular formula is C15H25N3O. The van der Waals surface area contributed by atoms with Crippen LogP contribution in [0.1, 0.15) is 30.8 Å². The zero-order valence-electron chi connectivity index (χ0n) is 11.9. The highest BCUT2D eigenvalue weighted by Gasteiger charge is 2.22. The van der Waals surface area contributed by atoms with Gasteiger partial charge in [0.1, 0.15) is 5.82 Å². The minimum absolute atomic E-state index is 0.301. The van der Waals surface area contributed by atoms with Crippen LogP contribution >= 0.6 is 0 Å². The number of aliphatic hydroxyl groups is 1. The van der Waals surface area contributed by atoms with E-state index in [2.05, 4.69) is 22.7 Å². The molecule has 0 aliphatic carbocycles. The van der Waals surface area contributed by atoms with Crippen molar-refractivity contribution in [3.05, 3.63) is 17.7 Å². The third-order valence-electron chi connectivity index (χ3n) is 4.64. The normalized spacial score (nSPS) is 28.3. The molecule has 2 unspecified atom stereocenters. The summed E-state index contributed by atoms with van der Waals surface area (Å²) < 4.78 is 2.30. The van der Waals surface area contributed by atoms with Gasteiger partial charge in [-0.25, -0.2) is 4.98 Å². The molecule has 3 heterocycles. The van der Waals surface area contributed by atoms with Crippen molar-refractivity contribution in [2.75, 3.05) is 26.7 Å². The Morgan fingerprint density at radius 2 is 2.21 bits per heavy atom. The highest BCUT2D eigenvalue weighted by molar-refractivity contribution is 5.08. The molecule has 2 atom stereocenters. The maximum absolute atomic E-state index is 9.27. The summed E-state index contributed by atoms with van der Waals surface area (Å²) in [4.78, 5) is 7.24. The Kier molecular flexibility index (Phi) is 3.89. The van der Waals surface area contributed by atoms with Crippen molar-refractivity contribution in [3.63, 3.8) is 0 Å². The van der Waals surface area contributed by atoms with Crippen molar-refractivity contribution < 1.29 is 5.11 Å². The Morgan fingerprint density at radius 1 is 1.32 bits per heavy atom. The predicted molar refractivity (Wildman–Crippen MR) is 75.0 cm³/mol. The van der Waals surface area contributed by atoms with Crippen LogP contribution in [0.3, 0.4) is 0 Å². The second kappa shape index (κ2) is 5.63. The van der Waals surface area contributed by atoms with Gasteiger partial charge in [0.2, 0.25) is 0 Å². The Morgan fingerprint density at radius 3 is 3.00 bits per heavy atom. The van der Waals surface area contributed by atoms with Crippen molar-refractivity contribution in [2.24, 2.45) is 11.8 Å². The van der Waals surface area contributed by atoms with E-state index in [1.807, 2.05) is 0 Å². The standard InChI is InChI=1S/C15H25N3O/c1-17-5-2-3-12(9-17)7-14-10-18-6-4-13(11-19)8-15(18)16-14/h10,12-13,19H,2-9,11H2,1H3. The monoisotopic (exact) mass is 263 g/mol. The molecule has 1 fully saturated rings.